The molecule has 0 radical (unpaired) electrons. The van der Waals surface area contributed by atoms with Crippen LogP contribution in [0.5, 0.6) is 0 Å². The lowest BCUT2D eigenvalue weighted by Gasteiger charge is -2.24. The summed E-state index contributed by atoms with van der Waals surface area (Å²) in [6.07, 6.45) is 1.67. The van der Waals surface area contributed by atoms with Gasteiger partial charge in [0.1, 0.15) is 11.4 Å². The van der Waals surface area contributed by atoms with Crippen molar-refractivity contribution in [2.75, 3.05) is 32.1 Å². The number of aromatic nitrogens is 1. The Morgan fingerprint density at radius 1 is 1.47 bits per heavy atom. The number of esters is 1. The van der Waals surface area contributed by atoms with Crippen molar-refractivity contribution in [3.63, 3.8) is 0 Å². The summed E-state index contributed by atoms with van der Waals surface area (Å²) in [5, 5.41) is 3.27. The van der Waals surface area contributed by atoms with E-state index in [-0.39, 0.29) is 12.0 Å². The number of rotatable bonds is 7. The van der Waals surface area contributed by atoms with Crippen molar-refractivity contribution in [2.45, 2.75) is 26.8 Å². The molecule has 0 saturated carbocycles. The summed E-state index contributed by atoms with van der Waals surface area (Å²) >= 11 is 0. The van der Waals surface area contributed by atoms with Crippen molar-refractivity contribution in [3.05, 3.63) is 23.9 Å². The molecule has 0 aliphatic heterocycles. The van der Waals surface area contributed by atoms with Crippen LogP contribution >= 0.6 is 0 Å². The molecule has 1 heterocycles. The van der Waals surface area contributed by atoms with Crippen LogP contribution < -0.4 is 5.32 Å². The van der Waals surface area contributed by atoms with Crippen LogP contribution in [0.25, 0.3) is 0 Å². The minimum atomic E-state index is -0.370. The second kappa shape index (κ2) is 7.74. The molecule has 1 aromatic rings. The van der Waals surface area contributed by atoms with E-state index in [1.54, 1.807) is 18.3 Å². The van der Waals surface area contributed by atoms with E-state index >= 15 is 0 Å². The normalized spacial score (nSPS) is 12.3. The second-order valence-electron chi connectivity index (χ2n) is 4.42. The molecule has 19 heavy (non-hydrogen) atoms. The van der Waals surface area contributed by atoms with Crippen molar-refractivity contribution in [1.29, 1.82) is 0 Å². The summed E-state index contributed by atoms with van der Waals surface area (Å²) in [6, 6.07) is 3.65. The number of likely N-dealkylation sites (N-methyl/N-ethyl adjacent to an activating group) is 1. The smallest absolute Gasteiger partial charge is 0.341 e. The quantitative estimate of drug-likeness (QED) is 0.764. The first-order chi connectivity index (χ1) is 9.12. The predicted molar refractivity (Wildman–Crippen MR) is 76.4 cm³/mol. The van der Waals surface area contributed by atoms with E-state index in [0.717, 1.165) is 19.6 Å². The summed E-state index contributed by atoms with van der Waals surface area (Å²) in [5.74, 6) is 0.208. The first-order valence-electron chi connectivity index (χ1n) is 6.64. The van der Waals surface area contributed by atoms with E-state index in [1.807, 2.05) is 0 Å². The fraction of sp³-hybridized carbons (Fsp3) is 0.571. The number of methoxy groups -OCH3 is 1. The van der Waals surface area contributed by atoms with Crippen molar-refractivity contribution in [1.82, 2.24) is 9.88 Å². The fourth-order valence-corrected chi connectivity index (χ4v) is 1.94. The number of nitrogens with zero attached hydrogens (tertiary/aromatic N) is 2. The van der Waals surface area contributed by atoms with E-state index in [1.165, 1.54) is 7.11 Å². The molecule has 0 aliphatic rings. The van der Waals surface area contributed by atoms with Gasteiger partial charge in [-0.05, 0) is 32.1 Å². The predicted octanol–water partition coefficient (Wildman–Crippen LogP) is 2.01. The summed E-state index contributed by atoms with van der Waals surface area (Å²) in [6.45, 7) is 9.27. The monoisotopic (exact) mass is 265 g/mol. The highest BCUT2D eigenvalue weighted by atomic mass is 16.5. The van der Waals surface area contributed by atoms with Gasteiger partial charge < -0.3 is 15.0 Å². The maximum absolute atomic E-state index is 11.6. The molecule has 1 rings (SSSR count). The molecular formula is C14H23N3O2. The van der Waals surface area contributed by atoms with E-state index < -0.39 is 0 Å². The summed E-state index contributed by atoms with van der Waals surface area (Å²) < 4.78 is 4.75. The molecular weight excluding hydrogens is 242 g/mol. The highest BCUT2D eigenvalue weighted by Gasteiger charge is 2.15. The zero-order valence-corrected chi connectivity index (χ0v) is 12.1. The van der Waals surface area contributed by atoms with Gasteiger partial charge in [-0.2, -0.15) is 0 Å². The van der Waals surface area contributed by atoms with Crippen molar-refractivity contribution in [3.8, 4) is 0 Å². The summed E-state index contributed by atoms with van der Waals surface area (Å²) in [4.78, 5) is 18.2. The molecule has 1 unspecified atom stereocenters. The van der Waals surface area contributed by atoms with Crippen LogP contribution in [0.3, 0.4) is 0 Å². The van der Waals surface area contributed by atoms with E-state index in [0.29, 0.717) is 11.4 Å². The maximum atomic E-state index is 11.6. The second-order valence-corrected chi connectivity index (χ2v) is 4.42. The highest BCUT2D eigenvalue weighted by Crippen LogP contribution is 2.14. The molecule has 0 saturated heterocycles. The Balaban J connectivity index is 2.73. The molecule has 1 atom stereocenters. The lowest BCUT2D eigenvalue weighted by molar-refractivity contribution is 0.0601. The van der Waals surface area contributed by atoms with Crippen molar-refractivity contribution < 1.29 is 9.53 Å². The lowest BCUT2D eigenvalue weighted by atomic mass is 10.2. The Bertz CT molecular complexity index is 405. The molecule has 0 aromatic carbocycles. The number of pyridine rings is 1. The highest BCUT2D eigenvalue weighted by molar-refractivity contribution is 5.94. The number of carbonyl (C=O) groups excluding carboxylic acids is 1. The Kier molecular flexibility index (Phi) is 6.29. The largest absolute Gasteiger partial charge is 0.465 e. The van der Waals surface area contributed by atoms with Gasteiger partial charge in [0.15, 0.2) is 0 Å². The first-order valence-corrected chi connectivity index (χ1v) is 6.64. The topological polar surface area (TPSA) is 54.5 Å². The molecule has 0 aliphatic carbocycles. The van der Waals surface area contributed by atoms with Crippen LogP contribution in [-0.4, -0.2) is 48.6 Å². The van der Waals surface area contributed by atoms with Gasteiger partial charge >= 0.3 is 5.97 Å². The molecule has 5 heteroatoms. The molecule has 0 spiro atoms. The maximum Gasteiger partial charge on any atom is 0.341 e. The average Bonchev–Trinajstić information content (AvgIpc) is 2.44. The SMILES string of the molecule is CCN(CC)CC(C)Nc1ncccc1C(=O)OC. The third-order valence-corrected chi connectivity index (χ3v) is 3.02. The number of hydrogen-bond donors (Lipinski definition) is 1. The zero-order chi connectivity index (χ0) is 14.3. The third kappa shape index (κ3) is 4.52. The summed E-state index contributed by atoms with van der Waals surface area (Å²) in [7, 11) is 1.37. The number of carbonyl (C=O) groups is 1. The van der Waals surface area contributed by atoms with Crippen molar-refractivity contribution in [2.24, 2.45) is 0 Å². The minimum Gasteiger partial charge on any atom is -0.465 e. The Morgan fingerprint density at radius 2 is 2.16 bits per heavy atom. The number of hydrogen-bond acceptors (Lipinski definition) is 5. The Hall–Kier alpha value is -1.62. The lowest BCUT2D eigenvalue weighted by Crippen LogP contribution is -2.35. The molecule has 0 amide bonds. The van der Waals surface area contributed by atoms with Gasteiger partial charge in [0, 0.05) is 18.8 Å². The zero-order valence-electron chi connectivity index (χ0n) is 12.1. The van der Waals surface area contributed by atoms with Gasteiger partial charge in [0.05, 0.1) is 7.11 Å². The standard InChI is InChI=1S/C14H23N3O2/c1-5-17(6-2)10-11(3)16-13-12(14(18)19-4)8-7-9-15-13/h7-9,11H,5-6,10H2,1-4H3,(H,15,16). The minimum absolute atomic E-state index is 0.207. The van der Waals surface area contributed by atoms with Gasteiger partial charge in [0.2, 0.25) is 0 Å². The van der Waals surface area contributed by atoms with Crippen LogP contribution in [0.2, 0.25) is 0 Å². The van der Waals surface area contributed by atoms with Crippen molar-refractivity contribution >= 4 is 11.8 Å². The first kappa shape index (κ1) is 15.4. The van der Waals surface area contributed by atoms with Crippen LogP contribution in [-0.2, 0) is 4.74 Å². The van der Waals surface area contributed by atoms with Gasteiger partial charge in [-0.15, -0.1) is 0 Å². The Labute approximate surface area is 115 Å². The molecule has 0 fully saturated rings. The molecule has 5 nitrogen and oxygen atoms in total. The third-order valence-electron chi connectivity index (χ3n) is 3.02. The molecule has 1 N–H and O–H groups in total. The van der Waals surface area contributed by atoms with Gasteiger partial charge in [-0.25, -0.2) is 9.78 Å². The average molecular weight is 265 g/mol. The van der Waals surface area contributed by atoms with Crippen LogP contribution in [0, 0.1) is 0 Å². The summed E-state index contributed by atoms with van der Waals surface area (Å²) in [5.41, 5.74) is 0.469. The number of nitrogens with one attached hydrogen (secondary N) is 1. The van der Waals surface area contributed by atoms with E-state index in [4.69, 9.17) is 4.74 Å². The fourth-order valence-electron chi connectivity index (χ4n) is 1.94. The van der Waals surface area contributed by atoms with Crippen LogP contribution in [0.15, 0.2) is 18.3 Å². The van der Waals surface area contributed by atoms with Crippen LogP contribution in [0.4, 0.5) is 5.82 Å². The number of ether oxygens (including phenoxy) is 1. The van der Waals surface area contributed by atoms with Gasteiger partial charge in [0.25, 0.3) is 0 Å². The van der Waals surface area contributed by atoms with Crippen LogP contribution in [0.1, 0.15) is 31.1 Å². The molecule has 106 valence electrons. The van der Waals surface area contributed by atoms with Gasteiger partial charge in [-0.1, -0.05) is 13.8 Å². The number of anilines is 1. The van der Waals surface area contributed by atoms with Gasteiger partial charge in [-0.3, -0.25) is 0 Å². The Morgan fingerprint density at radius 3 is 2.74 bits per heavy atom. The van der Waals surface area contributed by atoms with E-state index in [9.17, 15) is 4.79 Å². The van der Waals surface area contributed by atoms with E-state index in [2.05, 4.69) is 36.0 Å². The molecule has 0 bridgehead atoms. The molecule has 1 aromatic heterocycles.